The van der Waals surface area contributed by atoms with Crippen molar-refractivity contribution in [3.05, 3.63) is 72.4 Å². The molecule has 0 radical (unpaired) electrons. The number of benzene rings is 2. The molecule has 0 fully saturated rings. The average Bonchev–Trinajstić information content (AvgIpc) is 2.48. The van der Waals surface area contributed by atoms with Gasteiger partial charge in [0, 0.05) is 0 Å². The van der Waals surface area contributed by atoms with Gasteiger partial charge in [0.25, 0.3) is 0 Å². The molecule has 130 valence electrons. The van der Waals surface area contributed by atoms with Gasteiger partial charge in [-0.15, -0.1) is 0 Å². The lowest BCUT2D eigenvalue weighted by molar-refractivity contribution is -0.0517. The number of hydrogen-bond donors (Lipinski definition) is 0. The molecule has 0 aliphatic heterocycles. The molecule has 2 rings (SSSR count). The van der Waals surface area contributed by atoms with Gasteiger partial charge in [-0.1, -0.05) is 36.4 Å². The molecule has 3 nitrogen and oxygen atoms in total. The zero-order chi connectivity index (χ0) is 18.4. The summed E-state index contributed by atoms with van der Waals surface area (Å²) in [6.07, 6.45) is 0. The molecule has 0 unspecified atom stereocenters. The van der Waals surface area contributed by atoms with Crippen LogP contribution in [0.4, 0.5) is 17.6 Å². The average molecular weight is 380 g/mol. The van der Waals surface area contributed by atoms with Gasteiger partial charge in [0.2, 0.25) is 0 Å². The molecule has 9 heteroatoms. The Labute approximate surface area is 139 Å². The van der Waals surface area contributed by atoms with Gasteiger partial charge in [0.15, 0.2) is 19.9 Å². The Morgan fingerprint density at radius 1 is 0.917 bits per heavy atom. The van der Waals surface area contributed by atoms with Gasteiger partial charge in [-0.25, -0.2) is 8.42 Å². The van der Waals surface area contributed by atoms with Crippen LogP contribution in [-0.4, -0.2) is 18.5 Å². The Hall–Kier alpha value is -1.84. The van der Waals surface area contributed by atoms with Crippen LogP contribution in [0.25, 0.3) is 0 Å². The van der Waals surface area contributed by atoms with Crippen LogP contribution in [0.5, 0.6) is 0 Å². The minimum Gasteiger partial charge on any atom is -0.741 e. The Morgan fingerprint density at radius 3 is 1.42 bits per heavy atom. The maximum absolute atomic E-state index is 13.6. The highest BCUT2D eigenvalue weighted by Gasteiger charge is 2.36. The van der Waals surface area contributed by atoms with E-state index in [1.807, 2.05) is 60.7 Å². The molecule has 24 heavy (non-hydrogen) atoms. The van der Waals surface area contributed by atoms with Crippen molar-refractivity contribution in [1.29, 1.82) is 0 Å². The molecule has 0 aromatic heterocycles. The first-order valence-electron chi connectivity index (χ1n) is 6.25. The Kier molecular flexibility index (Phi) is 7.00. The second-order valence-electron chi connectivity index (χ2n) is 4.19. The standard InChI is InChI=1S/C14H12FS.CHF3O3S/c1-12(15)16(13-8-4-2-5-9-13)14-10-6-3-7-11-14;2-1(3,4)8(5,6)7/h2-11H,1H2;(H,5,6,7)/q+1;/p-1. The molecule has 2 aromatic carbocycles. The summed E-state index contributed by atoms with van der Waals surface area (Å²) in [6.45, 7) is 3.45. The predicted molar refractivity (Wildman–Crippen MR) is 82.8 cm³/mol. The Bertz CT molecular complexity index is 721. The van der Waals surface area contributed by atoms with Crippen LogP contribution in [0, 0.1) is 0 Å². The van der Waals surface area contributed by atoms with Crippen LogP contribution in [-0.2, 0) is 21.0 Å². The molecule has 0 saturated carbocycles. The van der Waals surface area contributed by atoms with Crippen molar-refractivity contribution in [3.63, 3.8) is 0 Å². The molecule has 0 heterocycles. The van der Waals surface area contributed by atoms with Gasteiger partial charge in [-0.3, -0.25) is 0 Å². The molecule has 0 N–H and O–H groups in total. The highest BCUT2D eigenvalue weighted by Crippen LogP contribution is 2.29. The maximum atomic E-state index is 13.6. The third-order valence-corrected chi connectivity index (χ3v) is 4.96. The predicted octanol–water partition coefficient (Wildman–Crippen LogP) is 4.22. The zero-order valence-corrected chi connectivity index (χ0v) is 13.7. The normalized spacial score (nSPS) is 11.6. The van der Waals surface area contributed by atoms with E-state index in [1.165, 1.54) is 0 Å². The van der Waals surface area contributed by atoms with E-state index in [2.05, 4.69) is 6.58 Å². The summed E-state index contributed by atoms with van der Waals surface area (Å²) in [5.41, 5.74) is -5.65. The van der Waals surface area contributed by atoms with E-state index in [9.17, 15) is 17.6 Å². The van der Waals surface area contributed by atoms with Crippen molar-refractivity contribution in [2.75, 3.05) is 0 Å². The fourth-order valence-electron chi connectivity index (χ4n) is 1.50. The third-order valence-electron chi connectivity index (χ3n) is 2.46. The summed E-state index contributed by atoms with van der Waals surface area (Å²) in [4.78, 5) is 1.92. The quantitative estimate of drug-likeness (QED) is 0.347. The fraction of sp³-hybridized carbons (Fsp3) is 0.0667. The summed E-state index contributed by atoms with van der Waals surface area (Å²) >= 11 is 0. The van der Waals surface area contributed by atoms with Crippen LogP contribution in [0.3, 0.4) is 0 Å². The molecular weight excluding hydrogens is 368 g/mol. The van der Waals surface area contributed by atoms with E-state index in [0.717, 1.165) is 9.79 Å². The molecule has 0 aliphatic rings. The van der Waals surface area contributed by atoms with Crippen molar-refractivity contribution < 1.29 is 30.5 Å². The minimum atomic E-state index is -6.09. The van der Waals surface area contributed by atoms with Crippen LogP contribution >= 0.6 is 0 Å². The van der Waals surface area contributed by atoms with E-state index < -0.39 is 26.5 Å². The number of alkyl halides is 3. The van der Waals surface area contributed by atoms with Gasteiger partial charge in [0.1, 0.15) is 10.9 Å². The van der Waals surface area contributed by atoms with E-state index in [4.69, 9.17) is 13.0 Å². The van der Waals surface area contributed by atoms with Crippen molar-refractivity contribution in [2.24, 2.45) is 0 Å². The van der Waals surface area contributed by atoms with Gasteiger partial charge in [0.05, 0.1) is 0 Å². The number of hydrogen-bond acceptors (Lipinski definition) is 3. The monoisotopic (exact) mass is 380 g/mol. The smallest absolute Gasteiger partial charge is 0.485 e. The summed E-state index contributed by atoms with van der Waals surface area (Å²) in [7, 11) is -6.75. The summed E-state index contributed by atoms with van der Waals surface area (Å²) in [6, 6.07) is 19.3. The lowest BCUT2D eigenvalue weighted by Gasteiger charge is -2.08. The minimum absolute atomic E-state index is 0.294. The zero-order valence-electron chi connectivity index (χ0n) is 12.0. The molecule has 0 atom stereocenters. The van der Waals surface area contributed by atoms with Crippen LogP contribution < -0.4 is 0 Å². The topological polar surface area (TPSA) is 57.2 Å². The van der Waals surface area contributed by atoms with Gasteiger partial charge < -0.3 is 4.55 Å². The molecular formula is C15H12F4O3S2. The van der Waals surface area contributed by atoms with Crippen LogP contribution in [0.2, 0.25) is 0 Å². The lowest BCUT2D eigenvalue weighted by Crippen LogP contribution is -2.21. The molecule has 0 bridgehead atoms. The fourth-order valence-corrected chi connectivity index (χ4v) is 3.15. The summed E-state index contributed by atoms with van der Waals surface area (Å²) < 4.78 is 72.5. The number of rotatable bonds is 3. The number of halogens is 4. The van der Waals surface area contributed by atoms with Crippen molar-refractivity contribution in [3.8, 4) is 0 Å². The third kappa shape index (κ3) is 5.99. The first-order chi connectivity index (χ1) is 11.0. The van der Waals surface area contributed by atoms with Gasteiger partial charge in [-0.05, 0) is 30.8 Å². The molecule has 0 amide bonds. The van der Waals surface area contributed by atoms with E-state index in [-0.39, 0.29) is 5.16 Å². The maximum Gasteiger partial charge on any atom is 0.485 e. The molecule has 0 spiro atoms. The SMILES string of the molecule is C=C(F)[S+](c1ccccc1)c1ccccc1.O=S(=O)([O-])C(F)(F)F. The van der Waals surface area contributed by atoms with E-state index >= 15 is 0 Å². The van der Waals surface area contributed by atoms with Gasteiger partial charge in [-0.2, -0.15) is 17.6 Å². The highest BCUT2D eigenvalue weighted by atomic mass is 32.2. The lowest BCUT2D eigenvalue weighted by atomic mass is 10.4. The largest absolute Gasteiger partial charge is 0.741 e. The second-order valence-corrected chi connectivity index (χ2v) is 7.56. The summed E-state index contributed by atoms with van der Waals surface area (Å²) in [5, 5.41) is -0.294. The van der Waals surface area contributed by atoms with Crippen molar-refractivity contribution >= 4 is 21.0 Å². The highest BCUT2D eigenvalue weighted by molar-refractivity contribution is 8.00. The molecule has 0 saturated heterocycles. The Morgan fingerprint density at radius 2 is 1.21 bits per heavy atom. The van der Waals surface area contributed by atoms with Crippen molar-refractivity contribution in [2.45, 2.75) is 15.3 Å². The Balaban J connectivity index is 0.000000307. The van der Waals surface area contributed by atoms with Crippen LogP contribution in [0.15, 0.2) is 82.2 Å². The van der Waals surface area contributed by atoms with Crippen LogP contribution in [0.1, 0.15) is 0 Å². The first kappa shape index (κ1) is 20.2. The molecule has 2 aromatic rings. The summed E-state index contributed by atoms with van der Waals surface area (Å²) in [5.74, 6) is 0. The van der Waals surface area contributed by atoms with Gasteiger partial charge >= 0.3 is 10.7 Å². The van der Waals surface area contributed by atoms with E-state index in [0.29, 0.717) is 0 Å². The second kappa shape index (κ2) is 8.32. The van der Waals surface area contributed by atoms with Crippen molar-refractivity contribution in [1.82, 2.24) is 0 Å². The van der Waals surface area contributed by atoms with E-state index in [1.54, 1.807) is 0 Å². The molecule has 0 aliphatic carbocycles. The first-order valence-corrected chi connectivity index (χ1v) is 8.88.